The van der Waals surface area contributed by atoms with Crippen molar-refractivity contribution in [2.45, 2.75) is 32.2 Å². The Hall–Kier alpha value is -0.320. The molecule has 13 heavy (non-hydrogen) atoms. The summed E-state index contributed by atoms with van der Waals surface area (Å²) in [5.74, 6) is -1.83. The lowest BCUT2D eigenvalue weighted by Crippen LogP contribution is -2.37. The van der Waals surface area contributed by atoms with Gasteiger partial charge in [0.25, 0.3) is 5.92 Å². The molecule has 0 aromatic rings. The van der Waals surface area contributed by atoms with Gasteiger partial charge in [-0.1, -0.05) is 11.8 Å². The van der Waals surface area contributed by atoms with Crippen molar-refractivity contribution < 1.29 is 8.78 Å². The van der Waals surface area contributed by atoms with E-state index in [1.54, 1.807) is 0 Å². The number of amidine groups is 1. The molecule has 1 rings (SSSR count). The van der Waals surface area contributed by atoms with Gasteiger partial charge in [0.2, 0.25) is 0 Å². The summed E-state index contributed by atoms with van der Waals surface area (Å²) in [6, 6.07) is 0. The summed E-state index contributed by atoms with van der Waals surface area (Å²) in [6.07, 6.45) is 0. The number of nitrogens with zero attached hydrogens (tertiary/aromatic N) is 1. The third-order valence-corrected chi connectivity index (χ3v) is 2.89. The first-order valence-electron chi connectivity index (χ1n) is 4.12. The zero-order chi connectivity index (χ0) is 10.1. The van der Waals surface area contributed by atoms with Crippen LogP contribution in [0.1, 0.15) is 20.8 Å². The van der Waals surface area contributed by atoms with Crippen LogP contribution in [0.5, 0.6) is 0 Å². The molecule has 76 valence electrons. The van der Waals surface area contributed by atoms with Crippen LogP contribution in [0, 0.1) is 0 Å². The predicted octanol–water partition coefficient (Wildman–Crippen LogP) is 2.11. The number of rotatable bonds is 2. The SMILES string of the molecule is CC(F)(F)CN=C1NC(C)(C)CS1. The number of nitrogens with one attached hydrogen (secondary N) is 1. The van der Waals surface area contributed by atoms with Gasteiger partial charge in [-0.15, -0.1) is 0 Å². The van der Waals surface area contributed by atoms with Gasteiger partial charge in [-0.25, -0.2) is 8.78 Å². The highest BCUT2D eigenvalue weighted by Gasteiger charge is 2.28. The van der Waals surface area contributed by atoms with Gasteiger partial charge in [0, 0.05) is 18.2 Å². The highest BCUT2D eigenvalue weighted by Crippen LogP contribution is 2.23. The molecule has 1 N–H and O–H groups in total. The Morgan fingerprint density at radius 2 is 2.23 bits per heavy atom. The standard InChI is InChI=1S/C8H14F2N2S/c1-7(2)5-13-6(12-7)11-4-8(3,9)10/h4-5H2,1-3H3,(H,11,12). The number of aliphatic imine (C=N–C) groups is 1. The molecule has 0 aromatic heterocycles. The molecule has 0 aliphatic carbocycles. The van der Waals surface area contributed by atoms with Gasteiger partial charge >= 0.3 is 0 Å². The first-order valence-corrected chi connectivity index (χ1v) is 5.10. The molecule has 5 heteroatoms. The maximum atomic E-state index is 12.4. The highest BCUT2D eigenvalue weighted by atomic mass is 32.2. The third-order valence-electron chi connectivity index (χ3n) is 1.52. The van der Waals surface area contributed by atoms with E-state index in [1.807, 2.05) is 13.8 Å². The Balaban J connectivity index is 2.47. The van der Waals surface area contributed by atoms with E-state index in [0.29, 0.717) is 5.17 Å². The lowest BCUT2D eigenvalue weighted by molar-refractivity contribution is 0.0327. The summed E-state index contributed by atoms with van der Waals surface area (Å²) in [5.41, 5.74) is -0.0213. The quantitative estimate of drug-likeness (QED) is 0.751. The molecule has 1 saturated heterocycles. The fourth-order valence-electron chi connectivity index (χ4n) is 0.906. The predicted molar refractivity (Wildman–Crippen MR) is 52.6 cm³/mol. The van der Waals surface area contributed by atoms with Crippen molar-refractivity contribution in [2.24, 2.45) is 4.99 Å². The minimum atomic E-state index is -2.71. The molecule has 0 bridgehead atoms. The van der Waals surface area contributed by atoms with Gasteiger partial charge in [-0.05, 0) is 13.8 Å². The van der Waals surface area contributed by atoms with Gasteiger partial charge in [-0.2, -0.15) is 0 Å². The molecule has 0 radical (unpaired) electrons. The summed E-state index contributed by atoms with van der Waals surface area (Å²) in [7, 11) is 0. The van der Waals surface area contributed by atoms with Gasteiger partial charge in [-0.3, -0.25) is 4.99 Å². The van der Waals surface area contributed by atoms with Crippen LogP contribution in [0.2, 0.25) is 0 Å². The Kier molecular flexibility index (Phi) is 2.85. The fraction of sp³-hybridized carbons (Fsp3) is 0.875. The third kappa shape index (κ3) is 3.93. The lowest BCUT2D eigenvalue weighted by Gasteiger charge is -2.16. The lowest BCUT2D eigenvalue weighted by atomic mass is 10.1. The largest absolute Gasteiger partial charge is 0.359 e. The zero-order valence-electron chi connectivity index (χ0n) is 8.03. The van der Waals surface area contributed by atoms with Crippen LogP contribution in [0.4, 0.5) is 8.78 Å². The van der Waals surface area contributed by atoms with Crippen LogP contribution in [0.25, 0.3) is 0 Å². The minimum absolute atomic E-state index is 0.0213. The summed E-state index contributed by atoms with van der Waals surface area (Å²) in [4.78, 5) is 3.81. The minimum Gasteiger partial charge on any atom is -0.359 e. The van der Waals surface area contributed by atoms with Crippen molar-refractivity contribution in [3.05, 3.63) is 0 Å². The first kappa shape index (κ1) is 10.8. The average Bonchev–Trinajstić information content (AvgIpc) is 2.24. The maximum absolute atomic E-state index is 12.4. The number of hydrogen-bond acceptors (Lipinski definition) is 2. The summed E-state index contributed by atoms with van der Waals surface area (Å²) in [5, 5.41) is 3.71. The van der Waals surface area contributed by atoms with E-state index in [1.165, 1.54) is 11.8 Å². The molecule has 0 aromatic carbocycles. The molecule has 1 fully saturated rings. The monoisotopic (exact) mass is 208 g/mol. The van der Waals surface area contributed by atoms with Crippen LogP contribution < -0.4 is 5.32 Å². The van der Waals surface area contributed by atoms with E-state index in [2.05, 4.69) is 10.3 Å². The van der Waals surface area contributed by atoms with Crippen LogP contribution in [-0.4, -0.2) is 28.9 Å². The second-order valence-electron chi connectivity index (χ2n) is 3.99. The maximum Gasteiger partial charge on any atom is 0.264 e. The van der Waals surface area contributed by atoms with E-state index >= 15 is 0 Å². The van der Waals surface area contributed by atoms with Crippen LogP contribution in [0.3, 0.4) is 0 Å². The second kappa shape index (κ2) is 3.44. The summed E-state index contributed by atoms with van der Waals surface area (Å²) < 4.78 is 24.8. The van der Waals surface area contributed by atoms with Crippen molar-refractivity contribution in [3.63, 3.8) is 0 Å². The Morgan fingerprint density at radius 1 is 1.62 bits per heavy atom. The van der Waals surface area contributed by atoms with Gasteiger partial charge < -0.3 is 5.32 Å². The van der Waals surface area contributed by atoms with E-state index in [9.17, 15) is 8.78 Å². The average molecular weight is 208 g/mol. The number of alkyl halides is 2. The number of hydrogen-bond donors (Lipinski definition) is 1. The summed E-state index contributed by atoms with van der Waals surface area (Å²) in [6.45, 7) is 4.49. The van der Waals surface area contributed by atoms with Crippen LogP contribution in [0.15, 0.2) is 4.99 Å². The van der Waals surface area contributed by atoms with Gasteiger partial charge in [0.05, 0.1) is 0 Å². The number of halogens is 2. The second-order valence-corrected chi connectivity index (χ2v) is 4.95. The Morgan fingerprint density at radius 3 is 2.62 bits per heavy atom. The molecule has 0 spiro atoms. The van der Waals surface area contributed by atoms with E-state index in [0.717, 1.165) is 12.7 Å². The van der Waals surface area contributed by atoms with Crippen molar-refractivity contribution in [1.29, 1.82) is 0 Å². The highest BCUT2D eigenvalue weighted by molar-refractivity contribution is 8.14. The van der Waals surface area contributed by atoms with Gasteiger partial charge in [0.15, 0.2) is 5.17 Å². The van der Waals surface area contributed by atoms with E-state index in [-0.39, 0.29) is 5.54 Å². The molecular formula is C8H14F2N2S. The topological polar surface area (TPSA) is 24.4 Å². The molecule has 2 nitrogen and oxygen atoms in total. The Bertz CT molecular complexity index is 221. The molecule has 0 saturated carbocycles. The molecular weight excluding hydrogens is 194 g/mol. The molecule has 1 aliphatic heterocycles. The van der Waals surface area contributed by atoms with Crippen LogP contribution >= 0.6 is 11.8 Å². The first-order chi connectivity index (χ1) is 5.79. The smallest absolute Gasteiger partial charge is 0.264 e. The molecule has 1 aliphatic rings. The molecule has 1 heterocycles. The van der Waals surface area contributed by atoms with Crippen molar-refractivity contribution in [3.8, 4) is 0 Å². The van der Waals surface area contributed by atoms with Crippen molar-refractivity contribution in [1.82, 2.24) is 5.32 Å². The van der Waals surface area contributed by atoms with E-state index < -0.39 is 12.5 Å². The molecule has 0 amide bonds. The number of thioether (sulfide) groups is 1. The van der Waals surface area contributed by atoms with Crippen molar-refractivity contribution >= 4 is 16.9 Å². The van der Waals surface area contributed by atoms with Crippen LogP contribution in [-0.2, 0) is 0 Å². The zero-order valence-corrected chi connectivity index (χ0v) is 8.84. The Labute approximate surface area is 81.2 Å². The van der Waals surface area contributed by atoms with Crippen molar-refractivity contribution in [2.75, 3.05) is 12.3 Å². The molecule has 0 atom stereocenters. The summed E-state index contributed by atoms with van der Waals surface area (Å²) >= 11 is 1.50. The molecule has 0 unspecified atom stereocenters. The van der Waals surface area contributed by atoms with Gasteiger partial charge in [0.1, 0.15) is 6.54 Å². The van der Waals surface area contributed by atoms with E-state index in [4.69, 9.17) is 0 Å². The normalized spacial score (nSPS) is 24.8. The fourth-order valence-corrected chi connectivity index (χ4v) is 1.98.